The van der Waals surface area contributed by atoms with Crippen molar-refractivity contribution >= 4 is 15.9 Å². The summed E-state index contributed by atoms with van der Waals surface area (Å²) in [5.41, 5.74) is 6.39. The van der Waals surface area contributed by atoms with Crippen LogP contribution in [0.4, 0.5) is 0 Å². The van der Waals surface area contributed by atoms with Crippen molar-refractivity contribution in [1.29, 1.82) is 0 Å². The zero-order valence-corrected chi connectivity index (χ0v) is 8.66. The molecule has 0 spiro atoms. The average Bonchev–Trinajstić information content (AvgIpc) is 2.04. The van der Waals surface area contributed by atoms with Gasteiger partial charge in [-0.25, -0.2) is 0 Å². The highest BCUT2D eigenvalue weighted by molar-refractivity contribution is 9.10. The lowest BCUT2D eigenvalue weighted by Crippen LogP contribution is -2.11. The number of rotatable bonds is 3. The van der Waals surface area contributed by atoms with Crippen molar-refractivity contribution in [2.45, 2.75) is 12.5 Å². The third-order valence-electron chi connectivity index (χ3n) is 1.83. The standard InChI is InChI=1S/C9H12BrNO2/c10-6-1-2-7(9(13)5-6)8(11)3-4-12/h1-2,5,8,12-13H,3-4,11H2/t8-/m1/s1. The number of benzene rings is 1. The van der Waals surface area contributed by atoms with Gasteiger partial charge >= 0.3 is 0 Å². The van der Waals surface area contributed by atoms with Crippen molar-refractivity contribution in [2.75, 3.05) is 6.61 Å². The van der Waals surface area contributed by atoms with Gasteiger partial charge in [-0.1, -0.05) is 22.0 Å². The van der Waals surface area contributed by atoms with Crippen LogP contribution in [0.1, 0.15) is 18.0 Å². The van der Waals surface area contributed by atoms with Gasteiger partial charge in [-0.15, -0.1) is 0 Å². The third kappa shape index (κ3) is 2.69. The van der Waals surface area contributed by atoms with Crippen molar-refractivity contribution in [2.24, 2.45) is 5.73 Å². The monoisotopic (exact) mass is 245 g/mol. The molecule has 0 unspecified atom stereocenters. The van der Waals surface area contributed by atoms with Crippen LogP contribution in [-0.4, -0.2) is 16.8 Å². The van der Waals surface area contributed by atoms with Gasteiger partial charge in [-0.05, 0) is 18.6 Å². The van der Waals surface area contributed by atoms with Gasteiger partial charge in [0, 0.05) is 22.7 Å². The van der Waals surface area contributed by atoms with Crippen LogP contribution in [-0.2, 0) is 0 Å². The fourth-order valence-electron chi connectivity index (χ4n) is 1.12. The molecule has 1 rings (SSSR count). The highest BCUT2D eigenvalue weighted by atomic mass is 79.9. The van der Waals surface area contributed by atoms with Crippen LogP contribution in [0.15, 0.2) is 22.7 Å². The van der Waals surface area contributed by atoms with E-state index in [1.54, 1.807) is 12.1 Å². The first-order valence-corrected chi connectivity index (χ1v) is 4.79. The maximum atomic E-state index is 9.50. The molecule has 1 aromatic carbocycles. The lowest BCUT2D eigenvalue weighted by molar-refractivity contribution is 0.275. The molecule has 1 atom stereocenters. The second kappa shape index (κ2) is 4.60. The molecule has 13 heavy (non-hydrogen) atoms. The maximum absolute atomic E-state index is 9.50. The van der Waals surface area contributed by atoms with Gasteiger partial charge in [-0.3, -0.25) is 0 Å². The highest BCUT2D eigenvalue weighted by Crippen LogP contribution is 2.27. The van der Waals surface area contributed by atoms with Gasteiger partial charge in [0.2, 0.25) is 0 Å². The molecule has 0 fully saturated rings. The first kappa shape index (κ1) is 10.5. The van der Waals surface area contributed by atoms with Gasteiger partial charge in [0.25, 0.3) is 0 Å². The number of hydrogen-bond donors (Lipinski definition) is 3. The van der Waals surface area contributed by atoms with Crippen LogP contribution < -0.4 is 5.73 Å². The quantitative estimate of drug-likeness (QED) is 0.757. The van der Waals surface area contributed by atoms with Crippen LogP contribution in [0.2, 0.25) is 0 Å². The first-order chi connectivity index (χ1) is 6.15. The Kier molecular flexibility index (Phi) is 3.71. The molecular formula is C9H12BrNO2. The molecule has 1 aromatic rings. The Morgan fingerprint density at radius 3 is 2.69 bits per heavy atom. The normalized spacial score (nSPS) is 12.8. The van der Waals surface area contributed by atoms with Crippen LogP contribution in [0.25, 0.3) is 0 Å². The molecule has 0 radical (unpaired) electrons. The molecule has 0 saturated carbocycles. The third-order valence-corrected chi connectivity index (χ3v) is 2.33. The summed E-state index contributed by atoms with van der Waals surface area (Å²) in [6, 6.07) is 4.84. The van der Waals surface area contributed by atoms with Crippen molar-refractivity contribution in [3.05, 3.63) is 28.2 Å². The highest BCUT2D eigenvalue weighted by Gasteiger charge is 2.09. The van der Waals surface area contributed by atoms with Crippen molar-refractivity contribution < 1.29 is 10.2 Å². The van der Waals surface area contributed by atoms with Gasteiger partial charge in [0.15, 0.2) is 0 Å². The number of aromatic hydroxyl groups is 1. The largest absolute Gasteiger partial charge is 0.508 e. The number of hydrogen-bond acceptors (Lipinski definition) is 3. The number of halogens is 1. The Labute approximate surface area is 85.3 Å². The van der Waals surface area contributed by atoms with Crippen molar-refractivity contribution in [1.82, 2.24) is 0 Å². The van der Waals surface area contributed by atoms with E-state index >= 15 is 0 Å². The smallest absolute Gasteiger partial charge is 0.121 e. The molecule has 4 N–H and O–H groups in total. The summed E-state index contributed by atoms with van der Waals surface area (Å²) in [5.74, 6) is 0.162. The van der Waals surface area contributed by atoms with Crippen LogP contribution >= 0.6 is 15.9 Å². The molecule has 0 aliphatic heterocycles. The molecular weight excluding hydrogens is 234 g/mol. The second-order valence-electron chi connectivity index (χ2n) is 2.82. The molecule has 0 heterocycles. The Bertz CT molecular complexity index is 291. The molecule has 0 aliphatic carbocycles. The summed E-state index contributed by atoms with van der Waals surface area (Å²) in [6.07, 6.45) is 0.454. The minimum Gasteiger partial charge on any atom is -0.508 e. The molecule has 0 amide bonds. The minimum atomic E-state index is -0.307. The van der Waals surface area contributed by atoms with Crippen molar-refractivity contribution in [3.63, 3.8) is 0 Å². The van der Waals surface area contributed by atoms with E-state index in [0.29, 0.717) is 12.0 Å². The maximum Gasteiger partial charge on any atom is 0.121 e. The van der Waals surface area contributed by atoms with Crippen LogP contribution in [0.5, 0.6) is 5.75 Å². The average molecular weight is 246 g/mol. The molecule has 0 saturated heterocycles. The van der Waals surface area contributed by atoms with Crippen LogP contribution in [0, 0.1) is 0 Å². The summed E-state index contributed by atoms with van der Waals surface area (Å²) in [5, 5.41) is 18.2. The van der Waals surface area contributed by atoms with E-state index in [2.05, 4.69) is 15.9 Å². The van der Waals surface area contributed by atoms with E-state index in [0.717, 1.165) is 4.47 Å². The van der Waals surface area contributed by atoms with E-state index in [1.165, 1.54) is 0 Å². The van der Waals surface area contributed by atoms with E-state index in [4.69, 9.17) is 10.8 Å². The molecule has 0 aromatic heterocycles. The number of phenolic OH excluding ortho intramolecular Hbond substituents is 1. The summed E-state index contributed by atoms with van der Waals surface area (Å²) in [4.78, 5) is 0. The Morgan fingerprint density at radius 1 is 1.46 bits per heavy atom. The number of nitrogens with two attached hydrogens (primary N) is 1. The second-order valence-corrected chi connectivity index (χ2v) is 3.74. The van der Waals surface area contributed by atoms with Gasteiger partial charge in [0.05, 0.1) is 0 Å². The van der Waals surface area contributed by atoms with Gasteiger partial charge < -0.3 is 15.9 Å². The van der Waals surface area contributed by atoms with E-state index in [-0.39, 0.29) is 18.4 Å². The van der Waals surface area contributed by atoms with Crippen molar-refractivity contribution in [3.8, 4) is 5.75 Å². The lowest BCUT2D eigenvalue weighted by atomic mass is 10.0. The predicted molar refractivity (Wildman–Crippen MR) is 54.4 cm³/mol. The molecule has 4 heteroatoms. The first-order valence-electron chi connectivity index (χ1n) is 4.00. The fraction of sp³-hybridized carbons (Fsp3) is 0.333. The summed E-state index contributed by atoms with van der Waals surface area (Å²) >= 11 is 3.23. The summed E-state index contributed by atoms with van der Waals surface area (Å²) in [7, 11) is 0. The Balaban J connectivity index is 2.88. The molecule has 72 valence electrons. The van der Waals surface area contributed by atoms with E-state index < -0.39 is 0 Å². The molecule has 0 bridgehead atoms. The summed E-state index contributed by atoms with van der Waals surface area (Å²) < 4.78 is 0.810. The number of aliphatic hydroxyl groups excluding tert-OH is 1. The van der Waals surface area contributed by atoms with Gasteiger partial charge in [0.1, 0.15) is 5.75 Å². The summed E-state index contributed by atoms with van der Waals surface area (Å²) in [6.45, 7) is 0.0245. The molecule has 3 nitrogen and oxygen atoms in total. The van der Waals surface area contributed by atoms with E-state index in [9.17, 15) is 5.11 Å². The number of phenols is 1. The lowest BCUT2D eigenvalue weighted by Gasteiger charge is -2.12. The topological polar surface area (TPSA) is 66.5 Å². The molecule has 0 aliphatic rings. The minimum absolute atomic E-state index is 0.0245. The van der Waals surface area contributed by atoms with Crippen LogP contribution in [0.3, 0.4) is 0 Å². The van der Waals surface area contributed by atoms with Gasteiger partial charge in [-0.2, -0.15) is 0 Å². The zero-order chi connectivity index (χ0) is 9.84. The predicted octanol–water partition coefficient (Wildman–Crippen LogP) is 1.54. The zero-order valence-electron chi connectivity index (χ0n) is 7.07. The van der Waals surface area contributed by atoms with E-state index in [1.807, 2.05) is 6.07 Å². The number of aliphatic hydroxyl groups is 1. The fourth-order valence-corrected chi connectivity index (χ4v) is 1.47. The SMILES string of the molecule is N[C@H](CCO)c1ccc(Br)cc1O. The Morgan fingerprint density at radius 2 is 2.15 bits per heavy atom. The Hall–Kier alpha value is -0.580.